The zero-order chi connectivity index (χ0) is 13.6. The van der Waals surface area contributed by atoms with E-state index in [9.17, 15) is 8.42 Å². The topological polar surface area (TPSA) is 34.1 Å². The van der Waals surface area contributed by atoms with E-state index in [0.717, 1.165) is 16.8 Å². The molecule has 0 spiro atoms. The maximum Gasteiger partial charge on any atom is 0.150 e. The fourth-order valence-electron chi connectivity index (χ4n) is 1.68. The second kappa shape index (κ2) is 7.51. The van der Waals surface area contributed by atoms with Crippen LogP contribution in [-0.4, -0.2) is 25.3 Å². The molecule has 0 bridgehead atoms. The Balaban J connectivity index is 2.54. The maximum atomic E-state index is 11.5. The molecule has 1 aromatic carbocycles. The van der Waals surface area contributed by atoms with Gasteiger partial charge in [0, 0.05) is 16.1 Å². The molecule has 0 radical (unpaired) electrons. The fourth-order valence-corrected chi connectivity index (χ4v) is 3.34. The van der Waals surface area contributed by atoms with Crippen LogP contribution in [0.3, 0.4) is 0 Å². The summed E-state index contributed by atoms with van der Waals surface area (Å²) < 4.78 is 23.0. The number of rotatable bonds is 7. The zero-order valence-electron chi connectivity index (χ0n) is 10.4. The van der Waals surface area contributed by atoms with Gasteiger partial charge in [-0.3, -0.25) is 0 Å². The van der Waals surface area contributed by atoms with Crippen LogP contribution >= 0.6 is 27.5 Å². The van der Waals surface area contributed by atoms with E-state index in [1.165, 1.54) is 5.56 Å². The molecule has 0 amide bonds. The number of halogens is 2. The number of alkyl halides is 1. The van der Waals surface area contributed by atoms with Crippen molar-refractivity contribution in [2.45, 2.75) is 19.8 Å². The number of sulfone groups is 1. The van der Waals surface area contributed by atoms with E-state index < -0.39 is 9.84 Å². The van der Waals surface area contributed by atoms with Gasteiger partial charge in [0.25, 0.3) is 0 Å². The molecule has 1 rings (SSSR count). The van der Waals surface area contributed by atoms with Gasteiger partial charge in [0.15, 0.2) is 0 Å². The Bertz CT molecular complexity index is 456. The van der Waals surface area contributed by atoms with Crippen LogP contribution in [0, 0.1) is 5.92 Å². The van der Waals surface area contributed by atoms with Crippen molar-refractivity contribution < 1.29 is 8.42 Å². The molecular weight excluding hydrogens is 336 g/mol. The highest BCUT2D eigenvalue weighted by Gasteiger charge is 2.14. The van der Waals surface area contributed by atoms with Crippen LogP contribution in [0.15, 0.2) is 24.3 Å². The highest BCUT2D eigenvalue weighted by molar-refractivity contribution is 9.09. The number of hydrogen-bond acceptors (Lipinski definition) is 2. The lowest BCUT2D eigenvalue weighted by atomic mass is 9.99. The predicted molar refractivity (Wildman–Crippen MR) is 81.4 cm³/mol. The van der Waals surface area contributed by atoms with E-state index in [1.807, 2.05) is 24.3 Å². The van der Waals surface area contributed by atoms with Crippen LogP contribution in [0.4, 0.5) is 0 Å². The average molecular weight is 354 g/mol. The number of hydrogen-bond donors (Lipinski definition) is 0. The minimum absolute atomic E-state index is 0.225. The first-order valence-corrected chi connectivity index (χ1v) is 9.29. The van der Waals surface area contributed by atoms with Crippen molar-refractivity contribution in [2.24, 2.45) is 5.92 Å². The number of benzene rings is 1. The summed E-state index contributed by atoms with van der Waals surface area (Å²) in [6.07, 6.45) is 1.58. The fraction of sp³-hybridized carbons (Fsp3) is 0.538. The molecule has 0 heterocycles. The van der Waals surface area contributed by atoms with Crippen molar-refractivity contribution in [1.82, 2.24) is 0 Å². The molecule has 1 atom stereocenters. The van der Waals surface area contributed by atoms with E-state index in [0.29, 0.717) is 12.3 Å². The van der Waals surface area contributed by atoms with Gasteiger partial charge < -0.3 is 0 Å². The van der Waals surface area contributed by atoms with E-state index >= 15 is 0 Å². The lowest BCUT2D eigenvalue weighted by Crippen LogP contribution is -2.15. The van der Waals surface area contributed by atoms with Gasteiger partial charge in [-0.1, -0.05) is 46.6 Å². The highest BCUT2D eigenvalue weighted by atomic mass is 79.9. The molecule has 1 aromatic rings. The lowest BCUT2D eigenvalue weighted by Gasteiger charge is -2.14. The van der Waals surface area contributed by atoms with Crippen LogP contribution in [0.2, 0.25) is 5.02 Å². The summed E-state index contributed by atoms with van der Waals surface area (Å²) in [5, 5.41) is 1.54. The van der Waals surface area contributed by atoms with Crippen molar-refractivity contribution in [3.05, 3.63) is 34.9 Å². The standard InChI is InChI=1S/C13H18BrClO2S/c1-2-18(16,17)8-7-12(10-14)9-11-3-5-13(15)6-4-11/h3-6,12H,2,7-10H2,1H3. The van der Waals surface area contributed by atoms with Crippen molar-refractivity contribution in [3.63, 3.8) is 0 Å². The molecule has 5 heteroatoms. The molecule has 0 saturated carbocycles. The second-order valence-corrected chi connectivity index (χ2v) is 7.93. The molecule has 0 aliphatic carbocycles. The third kappa shape index (κ3) is 5.72. The highest BCUT2D eigenvalue weighted by Crippen LogP contribution is 2.18. The molecule has 18 heavy (non-hydrogen) atoms. The zero-order valence-corrected chi connectivity index (χ0v) is 13.6. The van der Waals surface area contributed by atoms with Crippen LogP contribution < -0.4 is 0 Å². The minimum Gasteiger partial charge on any atom is -0.229 e. The van der Waals surface area contributed by atoms with Crippen LogP contribution in [0.5, 0.6) is 0 Å². The first-order chi connectivity index (χ1) is 8.46. The van der Waals surface area contributed by atoms with Crippen molar-refractivity contribution in [3.8, 4) is 0 Å². The molecule has 0 N–H and O–H groups in total. The van der Waals surface area contributed by atoms with Crippen molar-refractivity contribution >= 4 is 37.4 Å². The normalized spacial score (nSPS) is 13.5. The molecule has 1 unspecified atom stereocenters. The Labute approximate surface area is 123 Å². The minimum atomic E-state index is -2.87. The monoisotopic (exact) mass is 352 g/mol. The smallest absolute Gasteiger partial charge is 0.150 e. The van der Waals surface area contributed by atoms with Crippen LogP contribution in [0.25, 0.3) is 0 Å². The molecule has 0 aliphatic rings. The molecule has 102 valence electrons. The van der Waals surface area contributed by atoms with Gasteiger partial charge in [-0.05, 0) is 36.5 Å². The van der Waals surface area contributed by atoms with E-state index in [1.54, 1.807) is 6.92 Å². The molecule has 0 fully saturated rings. The second-order valence-electron chi connectivity index (χ2n) is 4.38. The largest absolute Gasteiger partial charge is 0.229 e. The van der Waals surface area contributed by atoms with E-state index in [-0.39, 0.29) is 11.5 Å². The lowest BCUT2D eigenvalue weighted by molar-refractivity contribution is 0.553. The van der Waals surface area contributed by atoms with Crippen molar-refractivity contribution in [1.29, 1.82) is 0 Å². The summed E-state index contributed by atoms with van der Waals surface area (Å²) in [6.45, 7) is 1.69. The summed E-state index contributed by atoms with van der Waals surface area (Å²) in [5.74, 6) is 0.837. The van der Waals surface area contributed by atoms with Crippen molar-refractivity contribution in [2.75, 3.05) is 16.8 Å². The van der Waals surface area contributed by atoms with Gasteiger partial charge in [-0.2, -0.15) is 0 Å². The van der Waals surface area contributed by atoms with Crippen LogP contribution in [-0.2, 0) is 16.3 Å². The third-order valence-corrected chi connectivity index (χ3v) is 5.84. The summed E-state index contributed by atoms with van der Waals surface area (Å²) in [4.78, 5) is 0. The molecule has 0 aliphatic heterocycles. The first kappa shape index (κ1) is 16.0. The molecule has 0 saturated heterocycles. The first-order valence-electron chi connectivity index (χ1n) is 5.97. The molecule has 0 aromatic heterocycles. The third-order valence-electron chi connectivity index (χ3n) is 2.93. The molecular formula is C13H18BrClO2S. The van der Waals surface area contributed by atoms with Gasteiger partial charge >= 0.3 is 0 Å². The molecule has 2 nitrogen and oxygen atoms in total. The average Bonchev–Trinajstić information content (AvgIpc) is 2.37. The van der Waals surface area contributed by atoms with E-state index in [2.05, 4.69) is 15.9 Å². The Morgan fingerprint density at radius 3 is 2.39 bits per heavy atom. The van der Waals surface area contributed by atoms with Gasteiger partial charge in [-0.25, -0.2) is 8.42 Å². The Hall–Kier alpha value is -0.0600. The summed E-state index contributed by atoms with van der Waals surface area (Å²) in [6, 6.07) is 7.72. The summed E-state index contributed by atoms with van der Waals surface area (Å²) in [5.41, 5.74) is 1.19. The summed E-state index contributed by atoms with van der Waals surface area (Å²) >= 11 is 9.29. The maximum absolute atomic E-state index is 11.5. The van der Waals surface area contributed by atoms with Crippen LogP contribution in [0.1, 0.15) is 18.9 Å². The Morgan fingerprint density at radius 1 is 1.28 bits per heavy atom. The predicted octanol–water partition coefficient (Wildman–Crippen LogP) is 3.72. The Morgan fingerprint density at radius 2 is 1.89 bits per heavy atom. The quantitative estimate of drug-likeness (QED) is 0.700. The summed E-state index contributed by atoms with van der Waals surface area (Å²) in [7, 11) is -2.87. The van der Waals surface area contributed by atoms with Gasteiger partial charge in [0.1, 0.15) is 9.84 Å². The van der Waals surface area contributed by atoms with E-state index in [4.69, 9.17) is 11.6 Å². The van der Waals surface area contributed by atoms with Gasteiger partial charge in [0.05, 0.1) is 5.75 Å². The van der Waals surface area contributed by atoms with Gasteiger partial charge in [0.2, 0.25) is 0 Å². The SMILES string of the molecule is CCS(=O)(=O)CCC(CBr)Cc1ccc(Cl)cc1. The van der Waals surface area contributed by atoms with Gasteiger partial charge in [-0.15, -0.1) is 0 Å². The Kier molecular flexibility index (Phi) is 6.67.